The molecule has 3 nitrogen and oxygen atoms in total. The lowest BCUT2D eigenvalue weighted by atomic mass is 10.2. The van der Waals surface area contributed by atoms with Crippen LogP contribution in [0, 0.1) is 0 Å². The maximum absolute atomic E-state index is 6.18. The molecule has 0 unspecified atom stereocenters. The average molecular weight is 399 g/mol. The van der Waals surface area contributed by atoms with Crippen molar-refractivity contribution in [1.82, 2.24) is 4.98 Å². The zero-order valence-corrected chi connectivity index (χ0v) is 16.1. The first-order valence-electron chi connectivity index (χ1n) is 7.29. The Hall–Kier alpha value is -1.20. The normalized spacial score (nSPS) is 11.9. The third kappa shape index (κ3) is 3.72. The van der Waals surface area contributed by atoms with Gasteiger partial charge in [-0.3, -0.25) is 0 Å². The second-order valence-corrected chi connectivity index (χ2v) is 8.27. The number of aromatic amines is 1. The summed E-state index contributed by atoms with van der Waals surface area (Å²) in [4.78, 5) is 3.39. The molecule has 3 aromatic rings. The molecule has 0 amide bonds. The standard InChI is InChI=1S/C17H14Cl3N3S/c1-9(2)24-17-15(11-5-3-4-6-14(11)21-17)22-23-16-12(19)7-10(18)8-13(16)20/h3-9,21H,1-2H3. The molecule has 24 heavy (non-hydrogen) atoms. The van der Waals surface area contributed by atoms with Crippen molar-refractivity contribution < 1.29 is 0 Å². The van der Waals surface area contributed by atoms with Crippen LogP contribution in [0.5, 0.6) is 0 Å². The predicted octanol–water partition coefficient (Wildman–Crippen LogP) is 8.04. The Balaban J connectivity index is 2.09. The van der Waals surface area contributed by atoms with Crippen molar-refractivity contribution in [2.45, 2.75) is 24.1 Å². The molecule has 0 aliphatic rings. The Morgan fingerprint density at radius 2 is 1.58 bits per heavy atom. The maximum atomic E-state index is 6.18. The number of benzene rings is 2. The molecule has 0 atom stereocenters. The molecule has 1 aromatic heterocycles. The van der Waals surface area contributed by atoms with E-state index >= 15 is 0 Å². The van der Waals surface area contributed by atoms with Crippen LogP contribution in [0.15, 0.2) is 51.7 Å². The van der Waals surface area contributed by atoms with E-state index in [9.17, 15) is 0 Å². The van der Waals surface area contributed by atoms with Gasteiger partial charge in [0.2, 0.25) is 0 Å². The van der Waals surface area contributed by atoms with Crippen molar-refractivity contribution >= 4 is 68.8 Å². The number of nitrogens with zero attached hydrogens (tertiary/aromatic N) is 2. The molecule has 0 spiro atoms. The number of thioether (sulfide) groups is 1. The van der Waals surface area contributed by atoms with Crippen LogP contribution in [0.2, 0.25) is 15.1 Å². The van der Waals surface area contributed by atoms with Gasteiger partial charge in [0.25, 0.3) is 0 Å². The molecule has 0 saturated heterocycles. The van der Waals surface area contributed by atoms with Gasteiger partial charge in [-0.25, -0.2) is 0 Å². The minimum atomic E-state index is 0.370. The van der Waals surface area contributed by atoms with Crippen molar-refractivity contribution in [2.24, 2.45) is 10.2 Å². The quantitative estimate of drug-likeness (QED) is 0.350. The third-order valence-electron chi connectivity index (χ3n) is 3.23. The van der Waals surface area contributed by atoms with Gasteiger partial charge < -0.3 is 4.98 Å². The highest BCUT2D eigenvalue weighted by molar-refractivity contribution is 8.00. The molecule has 0 saturated carbocycles. The second kappa shape index (κ2) is 7.36. The number of H-pyrrole nitrogens is 1. The lowest BCUT2D eigenvalue weighted by molar-refractivity contribution is 1.09. The molecule has 124 valence electrons. The molecule has 0 radical (unpaired) electrons. The van der Waals surface area contributed by atoms with Crippen molar-refractivity contribution in [3.63, 3.8) is 0 Å². The smallest absolute Gasteiger partial charge is 0.125 e. The summed E-state index contributed by atoms with van der Waals surface area (Å²) >= 11 is 20.0. The second-order valence-electron chi connectivity index (χ2n) is 5.43. The highest BCUT2D eigenvalue weighted by Gasteiger charge is 2.14. The molecule has 0 aliphatic carbocycles. The minimum absolute atomic E-state index is 0.370. The van der Waals surface area contributed by atoms with Crippen LogP contribution >= 0.6 is 46.6 Å². The van der Waals surface area contributed by atoms with Crippen LogP contribution in [0.3, 0.4) is 0 Å². The summed E-state index contributed by atoms with van der Waals surface area (Å²) in [6, 6.07) is 11.2. The van der Waals surface area contributed by atoms with E-state index in [0.717, 1.165) is 21.6 Å². The first-order valence-corrected chi connectivity index (χ1v) is 9.30. The van der Waals surface area contributed by atoms with E-state index in [-0.39, 0.29) is 0 Å². The fraction of sp³-hybridized carbons (Fsp3) is 0.176. The van der Waals surface area contributed by atoms with Crippen molar-refractivity contribution in [2.75, 3.05) is 0 Å². The number of azo groups is 1. The lowest BCUT2D eigenvalue weighted by Gasteiger charge is -2.04. The summed E-state index contributed by atoms with van der Waals surface area (Å²) < 4.78 is 0. The van der Waals surface area contributed by atoms with Crippen LogP contribution in [-0.2, 0) is 0 Å². The van der Waals surface area contributed by atoms with Crippen molar-refractivity contribution in [3.05, 3.63) is 51.5 Å². The van der Waals surface area contributed by atoms with Gasteiger partial charge in [-0.1, -0.05) is 66.8 Å². The van der Waals surface area contributed by atoms with Gasteiger partial charge in [0.15, 0.2) is 0 Å². The number of nitrogens with one attached hydrogen (secondary N) is 1. The fourth-order valence-electron chi connectivity index (χ4n) is 2.25. The van der Waals surface area contributed by atoms with Gasteiger partial charge in [-0.15, -0.1) is 22.0 Å². The Morgan fingerprint density at radius 1 is 0.958 bits per heavy atom. The predicted molar refractivity (Wildman–Crippen MR) is 105 cm³/mol. The van der Waals surface area contributed by atoms with Gasteiger partial charge in [0.05, 0.1) is 10.0 Å². The first kappa shape index (κ1) is 17.6. The number of rotatable bonds is 4. The van der Waals surface area contributed by atoms with Gasteiger partial charge in [0, 0.05) is 21.2 Å². The van der Waals surface area contributed by atoms with E-state index in [1.165, 1.54) is 0 Å². The minimum Gasteiger partial charge on any atom is -0.348 e. The zero-order chi connectivity index (χ0) is 17.3. The van der Waals surface area contributed by atoms with Crippen LogP contribution < -0.4 is 0 Å². The highest BCUT2D eigenvalue weighted by atomic mass is 35.5. The topological polar surface area (TPSA) is 40.5 Å². The molecule has 0 bridgehead atoms. The molecular formula is C17H14Cl3N3S. The number of fused-ring (bicyclic) bond motifs is 1. The average Bonchev–Trinajstić information content (AvgIpc) is 2.83. The number of halogens is 3. The van der Waals surface area contributed by atoms with E-state index in [0.29, 0.717) is 26.0 Å². The number of aromatic nitrogens is 1. The van der Waals surface area contributed by atoms with E-state index < -0.39 is 0 Å². The lowest BCUT2D eigenvalue weighted by Crippen LogP contribution is -1.85. The van der Waals surface area contributed by atoms with Crippen LogP contribution in [0.25, 0.3) is 10.9 Å². The summed E-state index contributed by atoms with van der Waals surface area (Å²) in [6.45, 7) is 4.26. The molecule has 1 heterocycles. The SMILES string of the molecule is CC(C)Sc1[nH]c2ccccc2c1N=Nc1c(Cl)cc(Cl)cc1Cl. The molecule has 3 rings (SSSR count). The summed E-state index contributed by atoms with van der Waals surface area (Å²) in [5, 5.41) is 12.3. The van der Waals surface area contributed by atoms with Gasteiger partial charge in [0.1, 0.15) is 16.4 Å². The molecule has 2 aromatic carbocycles. The van der Waals surface area contributed by atoms with Crippen molar-refractivity contribution in [1.29, 1.82) is 0 Å². The van der Waals surface area contributed by atoms with E-state index in [1.807, 2.05) is 24.3 Å². The molecular weight excluding hydrogens is 385 g/mol. The fourth-order valence-corrected chi connectivity index (χ4v) is 4.05. The summed E-state index contributed by atoms with van der Waals surface area (Å²) in [7, 11) is 0. The van der Waals surface area contributed by atoms with E-state index in [2.05, 4.69) is 29.1 Å². The van der Waals surface area contributed by atoms with E-state index in [1.54, 1.807) is 23.9 Å². The molecule has 0 aliphatic heterocycles. The monoisotopic (exact) mass is 397 g/mol. The maximum Gasteiger partial charge on any atom is 0.125 e. The van der Waals surface area contributed by atoms with E-state index in [4.69, 9.17) is 34.8 Å². The number of hydrogen-bond acceptors (Lipinski definition) is 3. The van der Waals surface area contributed by atoms with Crippen LogP contribution in [-0.4, -0.2) is 10.2 Å². The number of hydrogen-bond donors (Lipinski definition) is 1. The molecule has 7 heteroatoms. The molecule has 0 fully saturated rings. The Kier molecular flexibility index (Phi) is 5.40. The number of para-hydroxylation sites is 1. The zero-order valence-electron chi connectivity index (χ0n) is 13.0. The molecule has 1 N–H and O–H groups in total. The summed E-state index contributed by atoms with van der Waals surface area (Å²) in [5.74, 6) is 0. The summed E-state index contributed by atoms with van der Waals surface area (Å²) in [5.41, 5.74) is 2.21. The van der Waals surface area contributed by atoms with Gasteiger partial charge in [-0.05, 0) is 18.2 Å². The Labute approximate surface area is 159 Å². The van der Waals surface area contributed by atoms with Crippen LogP contribution in [0.1, 0.15) is 13.8 Å². The Morgan fingerprint density at radius 3 is 2.25 bits per heavy atom. The third-order valence-corrected chi connectivity index (χ3v) is 5.03. The van der Waals surface area contributed by atoms with Crippen LogP contribution in [0.4, 0.5) is 11.4 Å². The van der Waals surface area contributed by atoms with Gasteiger partial charge >= 0.3 is 0 Å². The first-order chi connectivity index (χ1) is 11.5. The largest absolute Gasteiger partial charge is 0.348 e. The van der Waals surface area contributed by atoms with Crippen molar-refractivity contribution in [3.8, 4) is 0 Å². The summed E-state index contributed by atoms with van der Waals surface area (Å²) in [6.07, 6.45) is 0. The van der Waals surface area contributed by atoms with Gasteiger partial charge in [-0.2, -0.15) is 0 Å². The highest BCUT2D eigenvalue weighted by Crippen LogP contribution is 2.41. The Bertz CT molecular complexity index is 896.